The first kappa shape index (κ1) is 8.61. The molecule has 2 aliphatic rings. The molecule has 3 unspecified atom stereocenters. The van der Waals surface area contributed by atoms with Crippen molar-refractivity contribution in [1.29, 1.82) is 0 Å². The number of hydrogen-bond donors (Lipinski definition) is 1. The van der Waals surface area contributed by atoms with E-state index in [0.29, 0.717) is 6.04 Å². The highest BCUT2D eigenvalue weighted by atomic mass is 32.1. The average molecular weight is 210 g/mol. The van der Waals surface area contributed by atoms with Crippen LogP contribution in [0.25, 0.3) is 0 Å². The maximum absolute atomic E-state index is 4.29. The van der Waals surface area contributed by atoms with Gasteiger partial charge in [0.1, 0.15) is 6.33 Å². The first-order valence-corrected chi connectivity index (χ1v) is 5.87. The lowest BCUT2D eigenvalue weighted by Gasteiger charge is -2.22. The fourth-order valence-corrected chi connectivity index (χ4v) is 3.34. The van der Waals surface area contributed by atoms with Gasteiger partial charge in [0.2, 0.25) is 5.13 Å². The third-order valence-electron chi connectivity index (χ3n) is 3.53. The van der Waals surface area contributed by atoms with Crippen LogP contribution >= 0.6 is 11.5 Å². The second kappa shape index (κ2) is 3.17. The van der Waals surface area contributed by atoms with Crippen LogP contribution in [0.3, 0.4) is 0 Å². The summed E-state index contributed by atoms with van der Waals surface area (Å²) < 4.78 is 4.07. The number of rotatable bonds is 1. The number of nitrogens with zero attached hydrogens (tertiary/aromatic N) is 3. The number of aromatic nitrogens is 2. The number of anilines is 1. The largest absolute Gasteiger partial charge is 0.343 e. The van der Waals surface area contributed by atoms with Gasteiger partial charge < -0.3 is 10.2 Å². The van der Waals surface area contributed by atoms with Crippen LogP contribution in [0.2, 0.25) is 0 Å². The monoisotopic (exact) mass is 210 g/mol. The summed E-state index contributed by atoms with van der Waals surface area (Å²) in [4.78, 5) is 6.70. The maximum atomic E-state index is 4.29. The SMILES string of the molecule is CC1C2CNCC2CN1c1ncns1. The molecule has 3 heterocycles. The van der Waals surface area contributed by atoms with Gasteiger partial charge >= 0.3 is 0 Å². The van der Waals surface area contributed by atoms with Crippen LogP contribution < -0.4 is 10.2 Å². The highest BCUT2D eigenvalue weighted by Crippen LogP contribution is 2.35. The molecule has 0 saturated carbocycles. The van der Waals surface area contributed by atoms with E-state index in [4.69, 9.17) is 0 Å². The normalized spacial score (nSPS) is 36.4. The fourth-order valence-electron chi connectivity index (χ4n) is 2.71. The molecule has 2 aliphatic heterocycles. The Kier molecular flexibility index (Phi) is 1.95. The van der Waals surface area contributed by atoms with Crippen LogP contribution in [-0.4, -0.2) is 35.0 Å². The van der Waals surface area contributed by atoms with Crippen LogP contribution in [0.1, 0.15) is 6.92 Å². The van der Waals surface area contributed by atoms with Crippen LogP contribution in [0.4, 0.5) is 5.13 Å². The summed E-state index contributed by atoms with van der Waals surface area (Å²) >= 11 is 1.51. The van der Waals surface area contributed by atoms with Gasteiger partial charge in [-0.2, -0.15) is 4.37 Å². The fraction of sp³-hybridized carbons (Fsp3) is 0.778. The zero-order valence-electron chi connectivity index (χ0n) is 8.18. The molecule has 1 aromatic heterocycles. The smallest absolute Gasteiger partial charge is 0.205 e. The predicted molar refractivity (Wildman–Crippen MR) is 56.6 cm³/mol. The van der Waals surface area contributed by atoms with Gasteiger partial charge in [-0.25, -0.2) is 4.98 Å². The Morgan fingerprint density at radius 2 is 2.50 bits per heavy atom. The molecule has 0 aromatic carbocycles. The zero-order chi connectivity index (χ0) is 9.54. The minimum Gasteiger partial charge on any atom is -0.343 e. The second-order valence-electron chi connectivity index (χ2n) is 4.20. The maximum Gasteiger partial charge on any atom is 0.205 e. The van der Waals surface area contributed by atoms with E-state index in [2.05, 4.69) is 26.5 Å². The van der Waals surface area contributed by atoms with E-state index in [1.54, 1.807) is 6.33 Å². The van der Waals surface area contributed by atoms with Gasteiger partial charge in [0.05, 0.1) is 0 Å². The molecule has 0 amide bonds. The number of hydrogen-bond acceptors (Lipinski definition) is 5. The summed E-state index contributed by atoms with van der Waals surface area (Å²) in [5.74, 6) is 1.62. The summed E-state index contributed by atoms with van der Waals surface area (Å²) in [6, 6.07) is 0.614. The Labute approximate surface area is 87.5 Å². The van der Waals surface area contributed by atoms with Crippen molar-refractivity contribution in [3.05, 3.63) is 6.33 Å². The first-order chi connectivity index (χ1) is 6.86. The summed E-state index contributed by atoms with van der Waals surface area (Å²) in [5.41, 5.74) is 0. The van der Waals surface area contributed by atoms with E-state index in [0.717, 1.165) is 23.5 Å². The van der Waals surface area contributed by atoms with Crippen molar-refractivity contribution >= 4 is 16.7 Å². The third-order valence-corrected chi connectivity index (χ3v) is 4.23. The average Bonchev–Trinajstić information content (AvgIpc) is 2.84. The molecule has 3 rings (SSSR count). The Balaban J connectivity index is 1.84. The van der Waals surface area contributed by atoms with E-state index in [1.807, 2.05) is 0 Å². The van der Waals surface area contributed by atoms with E-state index >= 15 is 0 Å². The van der Waals surface area contributed by atoms with Gasteiger partial charge in [-0.15, -0.1) is 0 Å². The van der Waals surface area contributed by atoms with E-state index in [-0.39, 0.29) is 0 Å². The van der Waals surface area contributed by atoms with Gasteiger partial charge in [-0.05, 0) is 18.8 Å². The molecule has 3 atom stereocenters. The van der Waals surface area contributed by atoms with Crippen molar-refractivity contribution in [3.63, 3.8) is 0 Å². The minimum atomic E-state index is 0.614. The molecule has 1 aromatic rings. The molecule has 5 heteroatoms. The van der Waals surface area contributed by atoms with Crippen LogP contribution in [0, 0.1) is 11.8 Å². The Morgan fingerprint density at radius 3 is 3.21 bits per heavy atom. The highest BCUT2D eigenvalue weighted by molar-refractivity contribution is 7.09. The van der Waals surface area contributed by atoms with Crippen molar-refractivity contribution < 1.29 is 0 Å². The molecular weight excluding hydrogens is 196 g/mol. The van der Waals surface area contributed by atoms with Gasteiger partial charge in [-0.1, -0.05) is 0 Å². The molecular formula is C9H14N4S. The molecule has 0 bridgehead atoms. The molecule has 76 valence electrons. The van der Waals surface area contributed by atoms with E-state index in [1.165, 1.54) is 24.6 Å². The van der Waals surface area contributed by atoms with Crippen LogP contribution in [0.15, 0.2) is 6.33 Å². The Bertz CT molecular complexity index is 313. The minimum absolute atomic E-state index is 0.614. The molecule has 2 saturated heterocycles. The summed E-state index contributed by atoms with van der Waals surface area (Å²) in [6.45, 7) is 5.79. The molecule has 4 nitrogen and oxygen atoms in total. The van der Waals surface area contributed by atoms with Crippen molar-refractivity contribution in [1.82, 2.24) is 14.7 Å². The third kappa shape index (κ3) is 1.15. The lowest BCUT2D eigenvalue weighted by Crippen LogP contribution is -2.32. The van der Waals surface area contributed by atoms with E-state index in [9.17, 15) is 0 Å². The van der Waals surface area contributed by atoms with Gasteiger partial charge in [0.25, 0.3) is 0 Å². The second-order valence-corrected chi connectivity index (χ2v) is 4.96. The topological polar surface area (TPSA) is 41.0 Å². The standard InChI is InChI=1S/C9H14N4S/c1-6-8-3-10-2-7(8)4-13(6)9-11-5-12-14-9/h5-8,10H,2-4H2,1H3. The molecule has 0 aliphatic carbocycles. The van der Waals surface area contributed by atoms with Crippen molar-refractivity contribution in [2.75, 3.05) is 24.5 Å². The van der Waals surface area contributed by atoms with Crippen molar-refractivity contribution in [3.8, 4) is 0 Å². The molecule has 1 N–H and O–H groups in total. The number of fused-ring (bicyclic) bond motifs is 1. The van der Waals surface area contributed by atoms with Gasteiger partial charge in [0, 0.05) is 37.2 Å². The lowest BCUT2D eigenvalue weighted by molar-refractivity contribution is 0.471. The number of nitrogens with one attached hydrogen (secondary N) is 1. The van der Waals surface area contributed by atoms with Crippen LogP contribution in [-0.2, 0) is 0 Å². The molecule has 0 radical (unpaired) electrons. The molecule has 0 spiro atoms. The summed E-state index contributed by atoms with van der Waals surface area (Å²) in [6.07, 6.45) is 1.65. The van der Waals surface area contributed by atoms with Crippen LogP contribution in [0.5, 0.6) is 0 Å². The predicted octanol–water partition coefficient (Wildman–Crippen LogP) is 0.582. The first-order valence-electron chi connectivity index (χ1n) is 5.10. The van der Waals surface area contributed by atoms with Crippen molar-refractivity contribution in [2.24, 2.45) is 11.8 Å². The van der Waals surface area contributed by atoms with E-state index < -0.39 is 0 Å². The molecule has 14 heavy (non-hydrogen) atoms. The lowest BCUT2D eigenvalue weighted by atomic mass is 9.95. The molecule has 2 fully saturated rings. The Hall–Kier alpha value is -0.680. The summed E-state index contributed by atoms with van der Waals surface area (Å²) in [5, 5.41) is 4.55. The van der Waals surface area contributed by atoms with Gasteiger partial charge in [0.15, 0.2) is 0 Å². The highest BCUT2D eigenvalue weighted by Gasteiger charge is 2.42. The van der Waals surface area contributed by atoms with Crippen molar-refractivity contribution in [2.45, 2.75) is 13.0 Å². The quantitative estimate of drug-likeness (QED) is 0.736. The zero-order valence-corrected chi connectivity index (χ0v) is 9.00. The van der Waals surface area contributed by atoms with Gasteiger partial charge in [-0.3, -0.25) is 0 Å². The summed E-state index contributed by atoms with van der Waals surface area (Å²) in [7, 11) is 0. The Morgan fingerprint density at radius 1 is 1.57 bits per heavy atom.